The molecule has 0 fully saturated rings. The third-order valence-electron chi connectivity index (χ3n) is 12.4. The second kappa shape index (κ2) is 17.3. The van der Waals surface area contributed by atoms with Crippen LogP contribution in [0.1, 0.15) is 12.8 Å². The lowest BCUT2D eigenvalue weighted by Gasteiger charge is -2.28. The van der Waals surface area contributed by atoms with Crippen molar-refractivity contribution >= 4 is 50.0 Å². The van der Waals surface area contributed by atoms with Gasteiger partial charge in [-0.2, -0.15) is 0 Å². The molecule has 1 aliphatic rings. The maximum absolute atomic E-state index is 2.40. The van der Waals surface area contributed by atoms with Crippen LogP contribution in [-0.4, -0.2) is 0 Å². The van der Waals surface area contributed by atoms with Crippen molar-refractivity contribution in [3.63, 3.8) is 0 Å². The first-order valence-corrected chi connectivity index (χ1v) is 22.2. The summed E-state index contributed by atoms with van der Waals surface area (Å²) in [7, 11) is 0. The number of fused-ring (bicyclic) bond motifs is 2. The van der Waals surface area contributed by atoms with Gasteiger partial charge in [-0.25, -0.2) is 0 Å². The van der Waals surface area contributed by atoms with Crippen LogP contribution in [0.3, 0.4) is 0 Å². The molecule has 11 rings (SSSR count). The molecular weight excluding hydrogens is 773 g/mol. The predicted molar refractivity (Wildman–Crippen MR) is 273 cm³/mol. The molecule has 0 N–H and O–H groups in total. The van der Waals surface area contributed by atoms with E-state index in [-0.39, 0.29) is 0 Å². The highest BCUT2D eigenvalue weighted by atomic mass is 15.1. The summed E-state index contributed by atoms with van der Waals surface area (Å²) in [6, 6.07) is 86.0. The van der Waals surface area contributed by atoms with Gasteiger partial charge in [-0.1, -0.05) is 182 Å². The van der Waals surface area contributed by atoms with E-state index in [4.69, 9.17) is 0 Å². The van der Waals surface area contributed by atoms with Gasteiger partial charge in [-0.3, -0.25) is 0 Å². The topological polar surface area (TPSA) is 6.48 Å². The third kappa shape index (κ3) is 7.67. The maximum Gasteiger partial charge on any atom is 0.0468 e. The monoisotopic (exact) mass is 818 g/mol. The molecule has 0 unspecified atom stereocenters. The maximum atomic E-state index is 2.40. The van der Waals surface area contributed by atoms with Gasteiger partial charge in [0.15, 0.2) is 0 Å². The average Bonchev–Trinajstić information content (AvgIpc) is 3.37. The summed E-state index contributed by atoms with van der Waals surface area (Å²) in [6.45, 7) is 0. The Hall–Kier alpha value is -8.20. The molecule has 0 aromatic heterocycles. The van der Waals surface area contributed by atoms with Crippen molar-refractivity contribution in [2.24, 2.45) is 0 Å². The van der Waals surface area contributed by atoms with Crippen LogP contribution in [0.15, 0.2) is 261 Å². The summed E-state index contributed by atoms with van der Waals surface area (Å²) in [6.07, 6.45) is 9.00. The van der Waals surface area contributed by atoms with Crippen LogP contribution in [0, 0.1) is 0 Å². The Bertz CT molecular complexity index is 3320. The van der Waals surface area contributed by atoms with Crippen LogP contribution in [-0.2, 0) is 0 Å². The second-order valence-electron chi connectivity index (χ2n) is 16.5. The van der Waals surface area contributed by atoms with Gasteiger partial charge in [0.05, 0.1) is 0 Å². The largest absolute Gasteiger partial charge is 0.311 e. The summed E-state index contributed by atoms with van der Waals surface area (Å²) in [5.41, 5.74) is 16.4. The highest BCUT2D eigenvalue weighted by molar-refractivity contribution is 6.07. The number of rotatable bonds is 10. The first-order valence-electron chi connectivity index (χ1n) is 22.2. The summed E-state index contributed by atoms with van der Waals surface area (Å²) in [4.78, 5) is 4.75. The number of anilines is 5. The number of para-hydroxylation sites is 1. The summed E-state index contributed by atoms with van der Waals surface area (Å²) < 4.78 is 0. The minimum absolute atomic E-state index is 1.02. The highest BCUT2D eigenvalue weighted by Gasteiger charge is 2.18. The lowest BCUT2D eigenvalue weighted by molar-refractivity contribution is 0.997. The Morgan fingerprint density at radius 2 is 0.766 bits per heavy atom. The third-order valence-corrected chi connectivity index (χ3v) is 12.4. The lowest BCUT2D eigenvalue weighted by atomic mass is 9.90. The number of hydrogen-bond acceptors (Lipinski definition) is 2. The Morgan fingerprint density at radius 3 is 1.48 bits per heavy atom. The molecule has 0 heterocycles. The fourth-order valence-electron chi connectivity index (χ4n) is 9.31. The molecule has 0 saturated heterocycles. The van der Waals surface area contributed by atoms with Crippen LogP contribution in [0.4, 0.5) is 28.4 Å². The fraction of sp³-hybridized carbons (Fsp3) is 0.0323. The zero-order chi connectivity index (χ0) is 42.7. The highest BCUT2D eigenvalue weighted by Crippen LogP contribution is 2.42. The minimum atomic E-state index is 1.02. The van der Waals surface area contributed by atoms with E-state index in [0.29, 0.717) is 0 Å². The first kappa shape index (κ1) is 38.7. The molecular formula is C62H46N2. The average molecular weight is 819 g/mol. The number of nitrogens with zero attached hydrogens (tertiary/aromatic N) is 2. The van der Waals surface area contributed by atoms with Crippen molar-refractivity contribution < 1.29 is 0 Å². The van der Waals surface area contributed by atoms with Crippen molar-refractivity contribution in [1.29, 1.82) is 0 Å². The zero-order valence-corrected chi connectivity index (χ0v) is 35.6. The van der Waals surface area contributed by atoms with E-state index >= 15 is 0 Å². The van der Waals surface area contributed by atoms with Crippen molar-refractivity contribution in [2.45, 2.75) is 12.8 Å². The summed E-state index contributed by atoms with van der Waals surface area (Å²) in [5.74, 6) is 0. The zero-order valence-electron chi connectivity index (χ0n) is 35.6. The Morgan fingerprint density at radius 1 is 0.281 bits per heavy atom. The molecule has 2 heteroatoms. The van der Waals surface area contributed by atoms with Gasteiger partial charge in [0.1, 0.15) is 0 Å². The predicted octanol–water partition coefficient (Wildman–Crippen LogP) is 17.5. The van der Waals surface area contributed by atoms with E-state index in [9.17, 15) is 0 Å². The fourth-order valence-corrected chi connectivity index (χ4v) is 9.31. The molecule has 304 valence electrons. The molecule has 0 spiro atoms. The molecule has 0 radical (unpaired) electrons. The van der Waals surface area contributed by atoms with E-state index in [2.05, 4.69) is 265 Å². The molecule has 0 saturated carbocycles. The van der Waals surface area contributed by atoms with Gasteiger partial charge >= 0.3 is 0 Å². The Labute approximate surface area is 376 Å². The van der Waals surface area contributed by atoms with Crippen molar-refractivity contribution in [1.82, 2.24) is 0 Å². The van der Waals surface area contributed by atoms with Crippen LogP contribution in [0.5, 0.6) is 0 Å². The van der Waals surface area contributed by atoms with Crippen molar-refractivity contribution in [3.8, 4) is 44.5 Å². The number of hydrogen-bond donors (Lipinski definition) is 0. The van der Waals surface area contributed by atoms with Gasteiger partial charge in [0.2, 0.25) is 0 Å². The smallest absolute Gasteiger partial charge is 0.0468 e. The second-order valence-corrected chi connectivity index (χ2v) is 16.5. The van der Waals surface area contributed by atoms with Crippen LogP contribution in [0.2, 0.25) is 0 Å². The van der Waals surface area contributed by atoms with Gasteiger partial charge in [-0.15, -0.1) is 0 Å². The Kier molecular flexibility index (Phi) is 10.5. The van der Waals surface area contributed by atoms with Gasteiger partial charge in [0, 0.05) is 34.1 Å². The minimum Gasteiger partial charge on any atom is -0.311 e. The molecule has 0 amide bonds. The number of benzene rings is 10. The lowest BCUT2D eigenvalue weighted by Crippen LogP contribution is -2.16. The Balaban J connectivity index is 0.974. The van der Waals surface area contributed by atoms with E-state index in [1.54, 1.807) is 0 Å². The first-order chi connectivity index (χ1) is 31.7. The quantitative estimate of drug-likeness (QED) is 0.136. The van der Waals surface area contributed by atoms with E-state index in [1.165, 1.54) is 66.2 Å². The molecule has 1 aliphatic carbocycles. The SMILES string of the molecule is C1=CC(N(c2ccc(-c3ccccc3)cc2)c2cccc(-c3cccc4cccc(-c5cccc(-c6cccc(N(c7ccccc7)c7ccc8ccccc8c7)c6)c5)c34)c2)=CCC1. The molecule has 0 aliphatic heterocycles. The van der Waals surface area contributed by atoms with Crippen molar-refractivity contribution in [3.05, 3.63) is 261 Å². The van der Waals surface area contributed by atoms with E-state index in [0.717, 1.165) is 46.8 Å². The van der Waals surface area contributed by atoms with E-state index < -0.39 is 0 Å². The van der Waals surface area contributed by atoms with E-state index in [1.807, 2.05) is 0 Å². The van der Waals surface area contributed by atoms with Crippen LogP contribution >= 0.6 is 0 Å². The molecule has 64 heavy (non-hydrogen) atoms. The van der Waals surface area contributed by atoms with Crippen molar-refractivity contribution in [2.75, 3.05) is 9.80 Å². The van der Waals surface area contributed by atoms with Gasteiger partial charge in [-0.05, 0) is 152 Å². The molecule has 0 atom stereocenters. The molecule has 0 bridgehead atoms. The molecule has 10 aromatic rings. The van der Waals surface area contributed by atoms with Crippen LogP contribution < -0.4 is 9.80 Å². The number of allylic oxidation sites excluding steroid dienone is 3. The summed E-state index contributed by atoms with van der Waals surface area (Å²) >= 11 is 0. The molecule has 10 aromatic carbocycles. The normalized spacial score (nSPS) is 12.3. The summed E-state index contributed by atoms with van der Waals surface area (Å²) in [5, 5.41) is 4.91. The van der Waals surface area contributed by atoms with Gasteiger partial charge in [0.25, 0.3) is 0 Å². The standard InChI is InChI=1S/C62H46N2/c1-4-17-45(18-5-1)47-35-38-56(39-36-47)63(54-27-6-2-7-28-54)58-32-14-26-53(44-58)61-34-16-22-48-21-15-33-60(62(48)61)52-25-12-23-49(41-52)51-24-13-31-57(43-51)64(55-29-8-3-9-30-55)59-40-37-46-19-10-11-20-50(46)42-59/h1,3-6,8-44H,2,7H2. The molecule has 2 nitrogen and oxygen atoms in total. The van der Waals surface area contributed by atoms with Gasteiger partial charge < -0.3 is 9.80 Å². The van der Waals surface area contributed by atoms with Crippen LogP contribution in [0.25, 0.3) is 66.1 Å².